The molecule has 0 saturated heterocycles. The van der Waals surface area contributed by atoms with Crippen molar-refractivity contribution in [2.75, 3.05) is 0 Å². The van der Waals surface area contributed by atoms with Crippen molar-refractivity contribution >= 4 is 0 Å². The molecule has 0 aromatic rings. The lowest BCUT2D eigenvalue weighted by molar-refractivity contribution is 0.127. The van der Waals surface area contributed by atoms with Gasteiger partial charge in [-0.25, -0.2) is 0 Å². The average Bonchev–Trinajstić information content (AvgIpc) is 2.57. The third-order valence-corrected chi connectivity index (χ3v) is 2.62. The van der Waals surface area contributed by atoms with Crippen molar-refractivity contribution in [1.29, 1.82) is 0 Å². The van der Waals surface area contributed by atoms with Crippen molar-refractivity contribution in [2.24, 2.45) is 11.8 Å². The van der Waals surface area contributed by atoms with Crippen molar-refractivity contribution < 1.29 is 5.11 Å². The van der Waals surface area contributed by atoms with E-state index >= 15 is 0 Å². The average molecular weight is 124 g/mol. The zero-order chi connectivity index (χ0) is 6.43. The third kappa shape index (κ3) is 0.715. The number of fused-ring (bicyclic) bond motifs is 1. The summed E-state index contributed by atoms with van der Waals surface area (Å²) in [5.74, 6) is 1.31. The highest BCUT2D eigenvalue weighted by Gasteiger charge is 2.46. The normalized spacial score (nSPS) is 48.6. The fourth-order valence-corrected chi connectivity index (χ4v) is 1.84. The lowest BCUT2D eigenvalue weighted by Gasteiger charge is -2.16. The monoisotopic (exact) mass is 124 g/mol. The molecule has 0 spiro atoms. The van der Waals surface area contributed by atoms with Gasteiger partial charge in [0.1, 0.15) is 0 Å². The molecule has 2 fully saturated rings. The van der Waals surface area contributed by atoms with Gasteiger partial charge in [0, 0.05) is 0 Å². The number of aliphatic hydroxyl groups is 1. The summed E-state index contributed by atoms with van der Waals surface area (Å²) in [5.41, 5.74) is 1.38. The molecular weight excluding hydrogens is 112 g/mol. The molecule has 0 aliphatic heterocycles. The molecule has 0 aromatic heterocycles. The summed E-state index contributed by atoms with van der Waals surface area (Å²) in [5, 5.41) is 9.30. The maximum absolute atomic E-state index is 9.30. The van der Waals surface area contributed by atoms with Crippen LogP contribution in [0, 0.1) is 11.8 Å². The van der Waals surface area contributed by atoms with Crippen LogP contribution in [0.3, 0.4) is 0 Å². The molecule has 50 valence electrons. The molecule has 1 nitrogen and oxygen atoms in total. The molecule has 0 aromatic carbocycles. The van der Waals surface area contributed by atoms with Gasteiger partial charge in [-0.05, 0) is 31.1 Å². The van der Waals surface area contributed by atoms with E-state index in [-0.39, 0.29) is 6.10 Å². The number of allylic oxidation sites excluding steroid dienone is 1. The predicted octanol–water partition coefficient (Wildman–Crippen LogP) is 1.33. The molecule has 0 bridgehead atoms. The molecule has 2 saturated carbocycles. The van der Waals surface area contributed by atoms with Crippen molar-refractivity contribution in [3.05, 3.63) is 12.2 Å². The van der Waals surface area contributed by atoms with Gasteiger partial charge in [0.2, 0.25) is 0 Å². The molecule has 1 N–H and O–H groups in total. The number of aliphatic hydroxyl groups excluding tert-OH is 1. The van der Waals surface area contributed by atoms with E-state index in [1.54, 1.807) is 0 Å². The van der Waals surface area contributed by atoms with Crippen LogP contribution < -0.4 is 0 Å². The van der Waals surface area contributed by atoms with Gasteiger partial charge in [0.25, 0.3) is 0 Å². The maximum atomic E-state index is 9.30. The third-order valence-electron chi connectivity index (χ3n) is 2.62. The summed E-state index contributed by atoms with van der Waals surface area (Å²) in [6.07, 6.45) is 3.22. The fraction of sp³-hybridized carbons (Fsp3) is 0.750. The summed E-state index contributed by atoms with van der Waals surface area (Å²) < 4.78 is 0. The van der Waals surface area contributed by atoms with Crippen LogP contribution in [0.15, 0.2) is 12.2 Å². The first-order valence-corrected chi connectivity index (χ1v) is 3.65. The first-order chi connectivity index (χ1) is 4.29. The van der Waals surface area contributed by atoms with E-state index in [1.807, 2.05) is 0 Å². The van der Waals surface area contributed by atoms with Crippen LogP contribution in [0.25, 0.3) is 0 Å². The summed E-state index contributed by atoms with van der Waals surface area (Å²) in [4.78, 5) is 0. The second-order valence-corrected chi connectivity index (χ2v) is 3.27. The molecule has 0 heterocycles. The fourth-order valence-electron chi connectivity index (χ4n) is 1.84. The van der Waals surface area contributed by atoms with Gasteiger partial charge in [0.15, 0.2) is 0 Å². The van der Waals surface area contributed by atoms with Gasteiger partial charge in [-0.1, -0.05) is 12.2 Å². The Morgan fingerprint density at radius 2 is 2.33 bits per heavy atom. The Bertz CT molecular complexity index is 151. The first-order valence-electron chi connectivity index (χ1n) is 3.65. The Morgan fingerprint density at radius 3 is 3.00 bits per heavy atom. The molecule has 1 heteroatoms. The number of rotatable bonds is 0. The summed E-state index contributed by atoms with van der Waals surface area (Å²) in [6.45, 7) is 3.96. The Kier molecular flexibility index (Phi) is 0.974. The van der Waals surface area contributed by atoms with E-state index in [0.29, 0.717) is 11.8 Å². The molecule has 9 heavy (non-hydrogen) atoms. The molecular formula is C8H12O. The van der Waals surface area contributed by atoms with Crippen LogP contribution in [-0.2, 0) is 0 Å². The number of hydrogen-bond acceptors (Lipinski definition) is 1. The zero-order valence-corrected chi connectivity index (χ0v) is 5.51. The number of hydrogen-bond donors (Lipinski definition) is 1. The molecule has 3 atom stereocenters. The Balaban J connectivity index is 2.08. The minimum Gasteiger partial charge on any atom is -0.393 e. The predicted molar refractivity (Wildman–Crippen MR) is 36.0 cm³/mol. The second kappa shape index (κ2) is 1.60. The molecule has 2 aliphatic carbocycles. The lowest BCUT2D eigenvalue weighted by Crippen LogP contribution is -2.15. The smallest absolute Gasteiger partial charge is 0.0577 e. The molecule has 2 rings (SSSR count). The van der Waals surface area contributed by atoms with Crippen LogP contribution >= 0.6 is 0 Å². The highest BCUT2D eigenvalue weighted by molar-refractivity contribution is 5.17. The van der Waals surface area contributed by atoms with Crippen molar-refractivity contribution in [1.82, 2.24) is 0 Å². The lowest BCUT2D eigenvalue weighted by atomic mass is 9.94. The molecule has 0 radical (unpaired) electrons. The van der Waals surface area contributed by atoms with Gasteiger partial charge in [0.05, 0.1) is 6.10 Å². The Hall–Kier alpha value is -0.300. The topological polar surface area (TPSA) is 20.2 Å². The SMILES string of the molecule is C=C1CC[C@H](O)[C@H]2C[C@@H]12. The van der Waals surface area contributed by atoms with Crippen LogP contribution in [0.1, 0.15) is 19.3 Å². The van der Waals surface area contributed by atoms with Crippen molar-refractivity contribution in [3.63, 3.8) is 0 Å². The highest BCUT2D eigenvalue weighted by Crippen LogP contribution is 2.51. The van der Waals surface area contributed by atoms with Gasteiger partial charge < -0.3 is 5.11 Å². The molecule has 2 aliphatic rings. The zero-order valence-electron chi connectivity index (χ0n) is 5.51. The van der Waals surface area contributed by atoms with Gasteiger partial charge in [-0.2, -0.15) is 0 Å². The van der Waals surface area contributed by atoms with Crippen LogP contribution in [-0.4, -0.2) is 11.2 Å². The van der Waals surface area contributed by atoms with E-state index < -0.39 is 0 Å². The van der Waals surface area contributed by atoms with Gasteiger partial charge in [-0.3, -0.25) is 0 Å². The summed E-state index contributed by atoms with van der Waals surface area (Å²) in [7, 11) is 0. The highest BCUT2D eigenvalue weighted by atomic mass is 16.3. The van der Waals surface area contributed by atoms with Crippen LogP contribution in [0.4, 0.5) is 0 Å². The van der Waals surface area contributed by atoms with E-state index in [0.717, 1.165) is 12.8 Å². The van der Waals surface area contributed by atoms with Gasteiger partial charge >= 0.3 is 0 Å². The Morgan fingerprint density at radius 1 is 1.56 bits per heavy atom. The molecule has 0 amide bonds. The first kappa shape index (κ1) is 5.48. The van der Waals surface area contributed by atoms with Gasteiger partial charge in [-0.15, -0.1) is 0 Å². The van der Waals surface area contributed by atoms with Crippen molar-refractivity contribution in [2.45, 2.75) is 25.4 Å². The molecule has 0 unspecified atom stereocenters. The standard InChI is InChI=1S/C8H12O/c1-5-2-3-8(9)7-4-6(5)7/h6-9H,1-4H2/t6-,7-,8-/m0/s1. The quantitative estimate of drug-likeness (QED) is 0.483. The minimum absolute atomic E-state index is 0.000463. The second-order valence-electron chi connectivity index (χ2n) is 3.27. The van der Waals surface area contributed by atoms with E-state index in [1.165, 1.54) is 12.0 Å². The largest absolute Gasteiger partial charge is 0.393 e. The van der Waals surface area contributed by atoms with Crippen LogP contribution in [0.2, 0.25) is 0 Å². The summed E-state index contributed by atoms with van der Waals surface area (Å²) in [6, 6.07) is 0. The van der Waals surface area contributed by atoms with E-state index in [4.69, 9.17) is 0 Å². The maximum Gasteiger partial charge on any atom is 0.0577 e. The van der Waals surface area contributed by atoms with Crippen molar-refractivity contribution in [3.8, 4) is 0 Å². The van der Waals surface area contributed by atoms with E-state index in [2.05, 4.69) is 6.58 Å². The van der Waals surface area contributed by atoms with E-state index in [9.17, 15) is 5.11 Å². The van der Waals surface area contributed by atoms with Crippen LogP contribution in [0.5, 0.6) is 0 Å². The Labute approximate surface area is 55.4 Å². The summed E-state index contributed by atoms with van der Waals surface area (Å²) >= 11 is 0. The minimum atomic E-state index is 0.000463.